The first-order valence-electron chi connectivity index (χ1n) is 5.65. The molecule has 0 aromatic heterocycles. The summed E-state index contributed by atoms with van der Waals surface area (Å²) in [7, 11) is 0. The van der Waals surface area contributed by atoms with E-state index in [-0.39, 0.29) is 0 Å². The fourth-order valence-electron chi connectivity index (χ4n) is 2.16. The molecule has 0 fully saturated rings. The predicted octanol–water partition coefficient (Wildman–Crippen LogP) is 2.82. The Balaban J connectivity index is 2.41. The summed E-state index contributed by atoms with van der Waals surface area (Å²) in [6, 6.07) is 6.12. The van der Waals surface area contributed by atoms with Crippen molar-refractivity contribution in [3.8, 4) is 0 Å². The molecule has 0 aliphatic carbocycles. The van der Waals surface area contributed by atoms with Gasteiger partial charge >= 0.3 is 0 Å². The fourth-order valence-corrected chi connectivity index (χ4v) is 2.16. The first kappa shape index (κ1) is 11.2. The van der Waals surface area contributed by atoms with Gasteiger partial charge in [-0.3, -0.25) is 0 Å². The SMILES string of the molecule is Cc1cc(C)cc(C(C)(O)C2=CCCO2)c1. The Morgan fingerprint density at radius 3 is 2.31 bits per heavy atom. The van der Waals surface area contributed by atoms with E-state index < -0.39 is 5.60 Å². The molecule has 0 bridgehead atoms. The molecule has 0 saturated carbocycles. The van der Waals surface area contributed by atoms with Crippen molar-refractivity contribution in [3.63, 3.8) is 0 Å². The van der Waals surface area contributed by atoms with Crippen molar-refractivity contribution in [2.45, 2.75) is 32.8 Å². The summed E-state index contributed by atoms with van der Waals surface area (Å²) in [4.78, 5) is 0. The molecule has 1 heterocycles. The van der Waals surface area contributed by atoms with Crippen molar-refractivity contribution in [2.24, 2.45) is 0 Å². The second kappa shape index (κ2) is 3.95. The third-order valence-electron chi connectivity index (χ3n) is 2.97. The summed E-state index contributed by atoms with van der Waals surface area (Å²) in [6.07, 6.45) is 2.86. The van der Waals surface area contributed by atoms with Gasteiger partial charge in [-0.2, -0.15) is 0 Å². The van der Waals surface area contributed by atoms with Gasteiger partial charge in [-0.15, -0.1) is 0 Å². The summed E-state index contributed by atoms with van der Waals surface area (Å²) in [5, 5.41) is 10.5. The van der Waals surface area contributed by atoms with Crippen molar-refractivity contribution in [1.82, 2.24) is 0 Å². The molecule has 2 rings (SSSR count). The van der Waals surface area contributed by atoms with Crippen LogP contribution in [0.2, 0.25) is 0 Å². The first-order valence-corrected chi connectivity index (χ1v) is 5.65. The molecule has 1 aromatic carbocycles. The molecule has 1 aromatic rings. The number of benzene rings is 1. The minimum atomic E-state index is -1.01. The average Bonchev–Trinajstić information content (AvgIpc) is 2.69. The zero-order valence-electron chi connectivity index (χ0n) is 10.1. The van der Waals surface area contributed by atoms with Gasteiger partial charge in [0, 0.05) is 6.42 Å². The molecule has 1 atom stereocenters. The van der Waals surface area contributed by atoms with Crippen LogP contribution in [0.15, 0.2) is 30.0 Å². The van der Waals surface area contributed by atoms with Gasteiger partial charge in [-0.25, -0.2) is 0 Å². The second-order valence-corrected chi connectivity index (χ2v) is 4.65. The van der Waals surface area contributed by atoms with Crippen LogP contribution in [0.3, 0.4) is 0 Å². The molecule has 0 spiro atoms. The molecule has 1 aliphatic heterocycles. The average molecular weight is 218 g/mol. The number of aryl methyl sites for hydroxylation is 2. The standard InChI is InChI=1S/C14H18O2/c1-10-7-11(2)9-12(8-10)14(3,15)13-5-4-6-16-13/h5,7-9,15H,4,6H2,1-3H3. The van der Waals surface area contributed by atoms with E-state index >= 15 is 0 Å². The zero-order chi connectivity index (χ0) is 11.8. The minimum absolute atomic E-state index is 0.677. The zero-order valence-corrected chi connectivity index (χ0v) is 10.1. The highest BCUT2D eigenvalue weighted by molar-refractivity contribution is 5.36. The fraction of sp³-hybridized carbons (Fsp3) is 0.429. The Hall–Kier alpha value is -1.28. The molecule has 1 N–H and O–H groups in total. The topological polar surface area (TPSA) is 29.5 Å². The lowest BCUT2D eigenvalue weighted by Crippen LogP contribution is -2.24. The van der Waals surface area contributed by atoms with Gasteiger partial charge < -0.3 is 9.84 Å². The van der Waals surface area contributed by atoms with E-state index in [0.717, 1.165) is 23.1 Å². The molecule has 86 valence electrons. The Labute approximate surface area is 96.6 Å². The number of aliphatic hydroxyl groups is 1. The highest BCUT2D eigenvalue weighted by Gasteiger charge is 2.31. The van der Waals surface area contributed by atoms with Crippen LogP contribution < -0.4 is 0 Å². The van der Waals surface area contributed by atoms with E-state index in [0.29, 0.717) is 12.4 Å². The second-order valence-electron chi connectivity index (χ2n) is 4.65. The van der Waals surface area contributed by atoms with Gasteiger partial charge in [0.25, 0.3) is 0 Å². The maximum Gasteiger partial charge on any atom is 0.143 e. The Morgan fingerprint density at radius 1 is 1.19 bits per heavy atom. The number of hydrogen-bond donors (Lipinski definition) is 1. The summed E-state index contributed by atoms with van der Waals surface area (Å²) in [5.41, 5.74) is 2.22. The lowest BCUT2D eigenvalue weighted by atomic mass is 9.91. The lowest BCUT2D eigenvalue weighted by Gasteiger charge is -2.25. The highest BCUT2D eigenvalue weighted by Crippen LogP contribution is 2.33. The van der Waals surface area contributed by atoms with Crippen LogP contribution in [0.25, 0.3) is 0 Å². The van der Waals surface area contributed by atoms with E-state index in [2.05, 4.69) is 6.07 Å². The third kappa shape index (κ3) is 1.98. The Morgan fingerprint density at radius 2 is 1.81 bits per heavy atom. The molecule has 0 radical (unpaired) electrons. The number of hydrogen-bond acceptors (Lipinski definition) is 2. The van der Waals surface area contributed by atoms with Crippen molar-refractivity contribution in [1.29, 1.82) is 0 Å². The largest absolute Gasteiger partial charge is 0.495 e. The molecule has 0 saturated heterocycles. The van der Waals surface area contributed by atoms with E-state index in [1.54, 1.807) is 6.92 Å². The van der Waals surface area contributed by atoms with E-state index in [1.165, 1.54) is 0 Å². The molecule has 1 unspecified atom stereocenters. The smallest absolute Gasteiger partial charge is 0.143 e. The quantitative estimate of drug-likeness (QED) is 0.827. The summed E-state index contributed by atoms with van der Waals surface area (Å²) in [5.74, 6) is 0.678. The van der Waals surface area contributed by atoms with Crippen LogP contribution in [0.5, 0.6) is 0 Å². The normalized spacial score (nSPS) is 18.9. The van der Waals surface area contributed by atoms with Gasteiger partial charge in [0.2, 0.25) is 0 Å². The maximum absolute atomic E-state index is 10.5. The van der Waals surface area contributed by atoms with Crippen molar-refractivity contribution < 1.29 is 9.84 Å². The van der Waals surface area contributed by atoms with Gasteiger partial charge in [0.05, 0.1) is 6.61 Å². The van der Waals surface area contributed by atoms with Gasteiger partial charge in [0.1, 0.15) is 11.4 Å². The molecule has 1 aliphatic rings. The summed E-state index contributed by atoms with van der Waals surface area (Å²) in [6.45, 7) is 6.54. The Kier molecular flexibility index (Phi) is 2.76. The molecular formula is C14H18O2. The number of ether oxygens (including phenoxy) is 1. The van der Waals surface area contributed by atoms with E-state index in [1.807, 2.05) is 32.1 Å². The van der Waals surface area contributed by atoms with Crippen LogP contribution in [0.1, 0.15) is 30.0 Å². The van der Waals surface area contributed by atoms with Crippen LogP contribution in [0.4, 0.5) is 0 Å². The van der Waals surface area contributed by atoms with Crippen molar-refractivity contribution in [2.75, 3.05) is 6.61 Å². The predicted molar refractivity (Wildman–Crippen MR) is 64.1 cm³/mol. The summed E-state index contributed by atoms with van der Waals surface area (Å²) < 4.78 is 5.46. The minimum Gasteiger partial charge on any atom is -0.495 e. The van der Waals surface area contributed by atoms with Crippen molar-refractivity contribution >= 4 is 0 Å². The third-order valence-corrected chi connectivity index (χ3v) is 2.97. The van der Waals surface area contributed by atoms with Crippen LogP contribution in [-0.4, -0.2) is 11.7 Å². The molecule has 2 heteroatoms. The molecule has 0 amide bonds. The highest BCUT2D eigenvalue weighted by atomic mass is 16.5. The van der Waals surface area contributed by atoms with E-state index in [4.69, 9.17) is 4.74 Å². The molecular weight excluding hydrogens is 200 g/mol. The van der Waals surface area contributed by atoms with Crippen LogP contribution in [-0.2, 0) is 10.3 Å². The van der Waals surface area contributed by atoms with Gasteiger partial charge in [0.15, 0.2) is 0 Å². The summed E-state index contributed by atoms with van der Waals surface area (Å²) >= 11 is 0. The number of rotatable bonds is 2. The monoisotopic (exact) mass is 218 g/mol. The molecule has 2 nitrogen and oxygen atoms in total. The Bertz CT molecular complexity index is 410. The molecule has 16 heavy (non-hydrogen) atoms. The lowest BCUT2D eigenvalue weighted by molar-refractivity contribution is 0.0316. The van der Waals surface area contributed by atoms with Gasteiger partial charge in [-0.05, 0) is 32.4 Å². The van der Waals surface area contributed by atoms with Gasteiger partial charge in [-0.1, -0.05) is 29.3 Å². The van der Waals surface area contributed by atoms with Crippen LogP contribution in [0, 0.1) is 13.8 Å². The van der Waals surface area contributed by atoms with Crippen LogP contribution >= 0.6 is 0 Å². The maximum atomic E-state index is 10.5. The van der Waals surface area contributed by atoms with Crippen molar-refractivity contribution in [3.05, 3.63) is 46.7 Å². The first-order chi connectivity index (χ1) is 7.50. The van der Waals surface area contributed by atoms with E-state index in [9.17, 15) is 5.11 Å².